The van der Waals surface area contributed by atoms with Crippen LogP contribution in [-0.2, 0) is 11.3 Å². The minimum Gasteiger partial charge on any atom is -0.338 e. The number of carbonyl (C=O) groups excluding carboxylic acids is 2. The average Bonchev–Trinajstić information content (AvgIpc) is 3.22. The Bertz CT molecular complexity index is 909. The van der Waals surface area contributed by atoms with E-state index in [4.69, 9.17) is 0 Å². The summed E-state index contributed by atoms with van der Waals surface area (Å²) in [5.74, 6) is -0.0973. The number of hydrogen-bond donors (Lipinski definition) is 1. The summed E-state index contributed by atoms with van der Waals surface area (Å²) in [5.41, 5.74) is 1.44. The summed E-state index contributed by atoms with van der Waals surface area (Å²) in [6.07, 6.45) is 3.95. The van der Waals surface area contributed by atoms with Crippen molar-refractivity contribution >= 4 is 28.3 Å². The van der Waals surface area contributed by atoms with Crippen molar-refractivity contribution in [1.82, 2.24) is 14.8 Å². The van der Waals surface area contributed by atoms with Gasteiger partial charge in [0.15, 0.2) is 5.13 Å². The van der Waals surface area contributed by atoms with Gasteiger partial charge in [-0.25, -0.2) is 9.37 Å². The summed E-state index contributed by atoms with van der Waals surface area (Å²) in [5, 5.41) is 5.58. The fourth-order valence-corrected chi connectivity index (χ4v) is 4.95. The molecule has 0 spiro atoms. The van der Waals surface area contributed by atoms with Crippen molar-refractivity contribution in [2.75, 3.05) is 31.5 Å². The van der Waals surface area contributed by atoms with Gasteiger partial charge in [0.25, 0.3) is 5.91 Å². The van der Waals surface area contributed by atoms with E-state index < -0.39 is 0 Å². The Morgan fingerprint density at radius 3 is 2.65 bits per heavy atom. The smallest absolute Gasteiger partial charge is 0.253 e. The number of thiazole rings is 1. The average molecular weight is 445 g/mol. The molecule has 8 heteroatoms. The molecule has 2 saturated heterocycles. The van der Waals surface area contributed by atoms with Crippen LogP contribution in [0.2, 0.25) is 0 Å². The van der Waals surface area contributed by atoms with Crippen LogP contribution in [0.3, 0.4) is 0 Å². The first-order valence-electron chi connectivity index (χ1n) is 11.0. The first kappa shape index (κ1) is 21.9. The fourth-order valence-electron chi connectivity index (χ4n) is 4.24. The maximum Gasteiger partial charge on any atom is 0.253 e. The minimum absolute atomic E-state index is 0.0932. The number of hydrogen-bond acceptors (Lipinski definition) is 5. The number of likely N-dealkylation sites (tertiary alicyclic amines) is 2. The van der Waals surface area contributed by atoms with Crippen LogP contribution < -0.4 is 5.32 Å². The molecule has 2 aliphatic rings. The number of anilines is 1. The number of aromatic nitrogens is 1. The van der Waals surface area contributed by atoms with E-state index in [1.165, 1.54) is 48.4 Å². The highest BCUT2D eigenvalue weighted by atomic mass is 32.1. The Morgan fingerprint density at radius 2 is 1.90 bits per heavy atom. The van der Waals surface area contributed by atoms with Crippen LogP contribution in [0, 0.1) is 17.7 Å². The van der Waals surface area contributed by atoms with E-state index in [1.807, 2.05) is 5.38 Å². The number of carbonyl (C=O) groups is 2. The maximum absolute atomic E-state index is 13.1. The molecule has 2 amide bonds. The van der Waals surface area contributed by atoms with Gasteiger partial charge in [0, 0.05) is 30.6 Å². The number of piperidine rings is 2. The first-order valence-corrected chi connectivity index (χ1v) is 11.9. The summed E-state index contributed by atoms with van der Waals surface area (Å²) in [7, 11) is 0. The monoisotopic (exact) mass is 444 g/mol. The van der Waals surface area contributed by atoms with Crippen molar-refractivity contribution in [3.63, 3.8) is 0 Å². The molecule has 0 aliphatic carbocycles. The number of benzene rings is 1. The summed E-state index contributed by atoms with van der Waals surface area (Å²) in [4.78, 5) is 34.2. The van der Waals surface area contributed by atoms with Crippen LogP contribution in [0.15, 0.2) is 29.6 Å². The van der Waals surface area contributed by atoms with Crippen LogP contribution >= 0.6 is 11.3 Å². The molecular formula is C23H29FN4O2S. The standard InChI is InChI=1S/C23H29FN4O2S/c1-16-8-11-27(12-9-16)14-20-15-31-23(25-20)26-21(29)18-3-2-10-28(13-18)22(30)17-4-6-19(24)7-5-17/h4-7,15-16,18H,2-3,8-14H2,1H3,(H,25,26,29). The predicted molar refractivity (Wildman–Crippen MR) is 119 cm³/mol. The van der Waals surface area contributed by atoms with E-state index in [0.717, 1.165) is 44.1 Å². The van der Waals surface area contributed by atoms with E-state index in [9.17, 15) is 14.0 Å². The van der Waals surface area contributed by atoms with Gasteiger partial charge in [0.2, 0.25) is 5.91 Å². The molecule has 2 aliphatic heterocycles. The SMILES string of the molecule is CC1CCN(Cc2csc(NC(=O)C3CCCN(C(=O)c4ccc(F)cc4)C3)n2)CC1. The minimum atomic E-state index is -0.370. The molecule has 1 aromatic carbocycles. The molecule has 31 heavy (non-hydrogen) atoms. The molecule has 0 bridgehead atoms. The number of nitrogens with zero attached hydrogens (tertiary/aromatic N) is 3. The van der Waals surface area contributed by atoms with Gasteiger partial charge in [-0.05, 0) is 69.0 Å². The Labute approximate surface area is 186 Å². The van der Waals surface area contributed by atoms with E-state index in [-0.39, 0.29) is 23.5 Å². The van der Waals surface area contributed by atoms with Crippen LogP contribution in [0.5, 0.6) is 0 Å². The van der Waals surface area contributed by atoms with Crippen LogP contribution in [0.1, 0.15) is 48.7 Å². The quantitative estimate of drug-likeness (QED) is 0.757. The Hall–Kier alpha value is -2.32. The lowest BCUT2D eigenvalue weighted by molar-refractivity contribution is -0.121. The highest BCUT2D eigenvalue weighted by Crippen LogP contribution is 2.24. The third-order valence-corrected chi connectivity index (χ3v) is 7.02. The van der Waals surface area contributed by atoms with E-state index >= 15 is 0 Å². The third-order valence-electron chi connectivity index (χ3n) is 6.21. The highest BCUT2D eigenvalue weighted by molar-refractivity contribution is 7.13. The van der Waals surface area contributed by atoms with Crippen molar-refractivity contribution in [3.8, 4) is 0 Å². The Balaban J connectivity index is 1.30. The van der Waals surface area contributed by atoms with Crippen LogP contribution in [-0.4, -0.2) is 52.8 Å². The fraction of sp³-hybridized carbons (Fsp3) is 0.522. The van der Waals surface area contributed by atoms with Crippen molar-refractivity contribution in [2.24, 2.45) is 11.8 Å². The molecule has 3 heterocycles. The largest absolute Gasteiger partial charge is 0.338 e. The van der Waals surface area contributed by atoms with Gasteiger partial charge in [-0.1, -0.05) is 6.92 Å². The van der Waals surface area contributed by atoms with Gasteiger partial charge in [-0.2, -0.15) is 0 Å². The Morgan fingerprint density at radius 1 is 1.16 bits per heavy atom. The second-order valence-electron chi connectivity index (χ2n) is 8.69. The summed E-state index contributed by atoms with van der Waals surface area (Å²) < 4.78 is 13.1. The molecule has 166 valence electrons. The van der Waals surface area contributed by atoms with Crippen molar-refractivity contribution < 1.29 is 14.0 Å². The van der Waals surface area contributed by atoms with Gasteiger partial charge in [0.05, 0.1) is 11.6 Å². The normalized spacial score (nSPS) is 20.6. The molecule has 0 radical (unpaired) electrons. The van der Waals surface area contributed by atoms with Crippen LogP contribution in [0.4, 0.5) is 9.52 Å². The number of amides is 2. The molecule has 1 unspecified atom stereocenters. The predicted octanol–water partition coefficient (Wildman–Crippen LogP) is 4.01. The van der Waals surface area contributed by atoms with Crippen LogP contribution in [0.25, 0.3) is 0 Å². The van der Waals surface area contributed by atoms with Gasteiger partial charge < -0.3 is 10.2 Å². The third kappa shape index (κ3) is 5.68. The van der Waals surface area contributed by atoms with Gasteiger partial charge in [-0.15, -0.1) is 11.3 Å². The second-order valence-corrected chi connectivity index (χ2v) is 9.55. The van der Waals surface area contributed by atoms with E-state index in [0.29, 0.717) is 23.8 Å². The van der Waals surface area contributed by atoms with Gasteiger partial charge >= 0.3 is 0 Å². The van der Waals surface area contributed by atoms with Crippen molar-refractivity contribution in [2.45, 2.75) is 39.2 Å². The van der Waals surface area contributed by atoms with Gasteiger partial charge in [0.1, 0.15) is 5.82 Å². The Kier molecular flexibility index (Phi) is 6.97. The summed E-state index contributed by atoms with van der Waals surface area (Å²) in [6.45, 7) is 6.29. The molecule has 6 nitrogen and oxygen atoms in total. The lowest BCUT2D eigenvalue weighted by Crippen LogP contribution is -2.43. The number of halogens is 1. The maximum atomic E-state index is 13.1. The lowest BCUT2D eigenvalue weighted by Gasteiger charge is -2.32. The summed E-state index contributed by atoms with van der Waals surface area (Å²) >= 11 is 1.45. The van der Waals surface area contributed by atoms with E-state index in [2.05, 4.69) is 22.1 Å². The first-order chi connectivity index (χ1) is 15.0. The molecule has 2 aromatic rings. The molecule has 1 aromatic heterocycles. The molecule has 1 N–H and O–H groups in total. The number of nitrogens with one attached hydrogen (secondary N) is 1. The number of rotatable bonds is 5. The zero-order chi connectivity index (χ0) is 21.8. The zero-order valence-corrected chi connectivity index (χ0v) is 18.7. The van der Waals surface area contributed by atoms with Crippen molar-refractivity contribution in [1.29, 1.82) is 0 Å². The molecule has 1 atom stereocenters. The molecule has 4 rings (SSSR count). The molecular weight excluding hydrogens is 415 g/mol. The highest BCUT2D eigenvalue weighted by Gasteiger charge is 2.29. The summed E-state index contributed by atoms with van der Waals surface area (Å²) in [6, 6.07) is 5.54. The van der Waals surface area contributed by atoms with E-state index in [1.54, 1.807) is 4.90 Å². The molecule has 0 saturated carbocycles. The lowest BCUT2D eigenvalue weighted by atomic mass is 9.96. The topological polar surface area (TPSA) is 65.5 Å². The van der Waals surface area contributed by atoms with Gasteiger partial charge in [-0.3, -0.25) is 14.5 Å². The second kappa shape index (κ2) is 9.87. The van der Waals surface area contributed by atoms with Crippen molar-refractivity contribution in [3.05, 3.63) is 46.7 Å². The molecule has 2 fully saturated rings. The zero-order valence-electron chi connectivity index (χ0n) is 17.8.